The van der Waals surface area contributed by atoms with E-state index < -0.39 is 10.0 Å². The molecule has 1 heterocycles. The number of hydrogen-bond donors (Lipinski definition) is 1. The fourth-order valence-corrected chi connectivity index (χ4v) is 2.70. The van der Waals surface area contributed by atoms with E-state index in [1.54, 1.807) is 4.90 Å². The molecule has 0 aromatic heterocycles. The molecule has 7 heteroatoms. The average Bonchev–Trinajstić information content (AvgIpc) is 2.43. The van der Waals surface area contributed by atoms with E-state index in [0.29, 0.717) is 18.0 Å². The number of amides is 1. The largest absolute Gasteiger partial charge is 0.487 e. The van der Waals surface area contributed by atoms with Crippen molar-refractivity contribution in [3.8, 4) is 5.75 Å². The van der Waals surface area contributed by atoms with Crippen LogP contribution in [0.5, 0.6) is 5.75 Å². The molecular formula is C14H20N2O4S. The van der Waals surface area contributed by atoms with Crippen LogP contribution in [0, 0.1) is 6.92 Å². The number of sulfonamides is 1. The Morgan fingerprint density at radius 1 is 1.48 bits per heavy atom. The van der Waals surface area contributed by atoms with Gasteiger partial charge in [-0.1, -0.05) is 6.07 Å². The maximum Gasteiger partial charge on any atom is 0.242 e. The van der Waals surface area contributed by atoms with E-state index in [0.717, 1.165) is 5.56 Å². The van der Waals surface area contributed by atoms with Gasteiger partial charge in [-0.3, -0.25) is 4.79 Å². The molecule has 2 rings (SSSR count). The molecule has 116 valence electrons. The highest BCUT2D eigenvalue weighted by molar-refractivity contribution is 7.89. The van der Waals surface area contributed by atoms with Crippen molar-refractivity contribution in [3.63, 3.8) is 0 Å². The van der Waals surface area contributed by atoms with Gasteiger partial charge in [0.05, 0.1) is 24.5 Å². The number of anilines is 1. The fraction of sp³-hybridized carbons (Fsp3) is 0.500. The van der Waals surface area contributed by atoms with Gasteiger partial charge in [0.2, 0.25) is 15.9 Å². The fourth-order valence-electron chi connectivity index (χ4n) is 2.15. The molecule has 1 aromatic rings. The molecule has 1 amide bonds. The Morgan fingerprint density at radius 2 is 2.19 bits per heavy atom. The molecule has 0 fully saturated rings. The molecule has 0 radical (unpaired) electrons. The summed E-state index contributed by atoms with van der Waals surface area (Å²) in [5, 5.41) is 0. The average molecular weight is 312 g/mol. The molecule has 1 aromatic carbocycles. The summed E-state index contributed by atoms with van der Waals surface area (Å²) >= 11 is 0. The molecule has 0 bridgehead atoms. The van der Waals surface area contributed by atoms with Crippen molar-refractivity contribution in [2.45, 2.75) is 26.9 Å². The lowest BCUT2D eigenvalue weighted by Crippen LogP contribution is -2.46. The number of aryl methyl sites for hydroxylation is 1. The predicted octanol–water partition coefficient (Wildman–Crippen LogP) is 1.05. The minimum absolute atomic E-state index is 0.0461. The summed E-state index contributed by atoms with van der Waals surface area (Å²) in [5.41, 5.74) is 1.72. The summed E-state index contributed by atoms with van der Waals surface area (Å²) in [7, 11) is -3.38. The zero-order chi connectivity index (χ0) is 15.6. The Hall–Kier alpha value is -1.60. The van der Waals surface area contributed by atoms with Crippen LogP contribution >= 0.6 is 0 Å². The summed E-state index contributed by atoms with van der Waals surface area (Å²) in [6.07, 6.45) is -0.133. The highest BCUT2D eigenvalue weighted by Crippen LogP contribution is 2.34. The molecule has 0 saturated carbocycles. The maximum atomic E-state index is 12.3. The Labute approximate surface area is 125 Å². The van der Waals surface area contributed by atoms with E-state index in [4.69, 9.17) is 4.74 Å². The quantitative estimate of drug-likeness (QED) is 0.901. The van der Waals surface area contributed by atoms with Crippen LogP contribution in [0.2, 0.25) is 0 Å². The van der Waals surface area contributed by atoms with Gasteiger partial charge in [0, 0.05) is 0 Å². The van der Waals surface area contributed by atoms with Gasteiger partial charge in [-0.15, -0.1) is 0 Å². The Kier molecular flexibility index (Phi) is 4.53. The second-order valence-corrected chi connectivity index (χ2v) is 7.22. The predicted molar refractivity (Wildman–Crippen MR) is 81.1 cm³/mol. The molecule has 1 aliphatic rings. The van der Waals surface area contributed by atoms with Crippen molar-refractivity contribution >= 4 is 21.6 Å². The van der Waals surface area contributed by atoms with Gasteiger partial charge in [0.25, 0.3) is 0 Å². The standard InChI is InChI=1S/C14H20N2O4S/c1-4-21(18,19)15-8-14(17)16-9-11(3)20-13-7-10(2)5-6-12(13)16/h5-7,11,15H,4,8-9H2,1-3H3/t11-/m0/s1. The van der Waals surface area contributed by atoms with E-state index in [9.17, 15) is 13.2 Å². The zero-order valence-corrected chi connectivity index (χ0v) is 13.2. The van der Waals surface area contributed by atoms with Crippen LogP contribution in [0.4, 0.5) is 5.69 Å². The second kappa shape index (κ2) is 6.03. The summed E-state index contributed by atoms with van der Waals surface area (Å²) in [6.45, 7) is 5.52. The number of ether oxygens (including phenoxy) is 1. The van der Waals surface area contributed by atoms with Crippen molar-refractivity contribution in [2.75, 3.05) is 23.7 Å². The summed E-state index contributed by atoms with van der Waals surface area (Å²) < 4.78 is 30.9. The molecule has 6 nitrogen and oxygen atoms in total. The molecule has 0 aliphatic carbocycles. The molecule has 1 atom stereocenters. The third-order valence-corrected chi connectivity index (χ3v) is 4.64. The SMILES string of the molecule is CCS(=O)(=O)NCC(=O)N1C[C@H](C)Oc2cc(C)ccc21. The number of hydrogen-bond acceptors (Lipinski definition) is 4. The molecular weight excluding hydrogens is 292 g/mol. The number of carbonyl (C=O) groups excluding carboxylic acids is 1. The van der Waals surface area contributed by atoms with Crippen LogP contribution in [0.3, 0.4) is 0 Å². The van der Waals surface area contributed by atoms with Crippen molar-refractivity contribution in [2.24, 2.45) is 0 Å². The highest BCUT2D eigenvalue weighted by Gasteiger charge is 2.28. The first-order chi connectivity index (χ1) is 9.82. The van der Waals surface area contributed by atoms with Crippen LogP contribution in [-0.4, -0.2) is 39.3 Å². The van der Waals surface area contributed by atoms with Crippen LogP contribution in [-0.2, 0) is 14.8 Å². The molecule has 0 spiro atoms. The second-order valence-electron chi connectivity index (χ2n) is 5.13. The third-order valence-electron chi connectivity index (χ3n) is 3.30. The van der Waals surface area contributed by atoms with Gasteiger partial charge in [-0.2, -0.15) is 0 Å². The number of fused-ring (bicyclic) bond motifs is 1. The van der Waals surface area contributed by atoms with Gasteiger partial charge in [-0.05, 0) is 38.5 Å². The Morgan fingerprint density at radius 3 is 2.86 bits per heavy atom. The van der Waals surface area contributed by atoms with Crippen molar-refractivity contribution in [1.29, 1.82) is 0 Å². The van der Waals surface area contributed by atoms with Crippen molar-refractivity contribution in [3.05, 3.63) is 23.8 Å². The number of nitrogens with one attached hydrogen (secondary N) is 1. The van der Waals surface area contributed by atoms with Gasteiger partial charge >= 0.3 is 0 Å². The lowest BCUT2D eigenvalue weighted by Gasteiger charge is -2.33. The highest BCUT2D eigenvalue weighted by atomic mass is 32.2. The van der Waals surface area contributed by atoms with Gasteiger partial charge in [0.15, 0.2) is 0 Å². The number of rotatable bonds is 4. The summed E-state index contributed by atoms with van der Waals surface area (Å²) in [5.74, 6) is 0.322. The minimum Gasteiger partial charge on any atom is -0.487 e. The normalized spacial score (nSPS) is 18.0. The Balaban J connectivity index is 2.19. The topological polar surface area (TPSA) is 75.7 Å². The van der Waals surface area contributed by atoms with E-state index >= 15 is 0 Å². The zero-order valence-electron chi connectivity index (χ0n) is 12.4. The van der Waals surface area contributed by atoms with Gasteiger partial charge in [-0.25, -0.2) is 13.1 Å². The van der Waals surface area contributed by atoms with E-state index in [1.807, 2.05) is 32.0 Å². The van der Waals surface area contributed by atoms with Crippen LogP contribution in [0.1, 0.15) is 19.4 Å². The lowest BCUT2D eigenvalue weighted by molar-refractivity contribution is -0.118. The van der Waals surface area contributed by atoms with Crippen LogP contribution in [0.15, 0.2) is 18.2 Å². The van der Waals surface area contributed by atoms with Crippen LogP contribution < -0.4 is 14.4 Å². The first-order valence-electron chi connectivity index (χ1n) is 6.87. The number of carbonyl (C=O) groups is 1. The third kappa shape index (κ3) is 3.74. The molecule has 0 unspecified atom stereocenters. The number of benzene rings is 1. The van der Waals surface area contributed by atoms with E-state index in [2.05, 4.69) is 4.72 Å². The first-order valence-corrected chi connectivity index (χ1v) is 8.52. The molecule has 0 saturated heterocycles. The van der Waals surface area contributed by atoms with Crippen LogP contribution in [0.25, 0.3) is 0 Å². The molecule has 21 heavy (non-hydrogen) atoms. The van der Waals surface area contributed by atoms with E-state index in [1.165, 1.54) is 6.92 Å². The van der Waals surface area contributed by atoms with E-state index in [-0.39, 0.29) is 24.3 Å². The summed E-state index contributed by atoms with van der Waals surface area (Å²) in [6, 6.07) is 5.60. The van der Waals surface area contributed by atoms with Gasteiger partial charge < -0.3 is 9.64 Å². The monoisotopic (exact) mass is 312 g/mol. The Bertz CT molecular complexity index is 642. The summed E-state index contributed by atoms with van der Waals surface area (Å²) in [4.78, 5) is 13.9. The number of nitrogens with zero attached hydrogens (tertiary/aromatic N) is 1. The molecule has 1 N–H and O–H groups in total. The maximum absolute atomic E-state index is 12.3. The lowest BCUT2D eigenvalue weighted by atomic mass is 10.1. The van der Waals surface area contributed by atoms with Crippen molar-refractivity contribution in [1.82, 2.24) is 4.72 Å². The van der Waals surface area contributed by atoms with Gasteiger partial charge in [0.1, 0.15) is 11.9 Å². The van der Waals surface area contributed by atoms with Crippen molar-refractivity contribution < 1.29 is 17.9 Å². The minimum atomic E-state index is -3.38. The first kappa shape index (κ1) is 15.8. The smallest absolute Gasteiger partial charge is 0.242 e. The molecule has 1 aliphatic heterocycles.